The second-order valence-corrected chi connectivity index (χ2v) is 8.30. The van der Waals surface area contributed by atoms with Gasteiger partial charge in [-0.05, 0) is 55.2 Å². The molecule has 2 aromatic carbocycles. The lowest BCUT2D eigenvalue weighted by atomic mass is 10.2. The molecule has 7 nitrogen and oxygen atoms in total. The number of nitrogens with zero attached hydrogens (tertiary/aromatic N) is 2. The molecular formula is C23H24N2O5S. The van der Waals surface area contributed by atoms with Crippen molar-refractivity contribution in [2.75, 3.05) is 20.8 Å². The van der Waals surface area contributed by atoms with Gasteiger partial charge in [-0.2, -0.15) is 0 Å². The number of hydrogen-bond donors (Lipinski definition) is 1. The molecule has 1 saturated carbocycles. The van der Waals surface area contributed by atoms with Crippen molar-refractivity contribution in [2.24, 2.45) is 5.92 Å². The van der Waals surface area contributed by atoms with Gasteiger partial charge in [0.05, 0.1) is 26.0 Å². The van der Waals surface area contributed by atoms with Crippen LogP contribution < -0.4 is 19.8 Å². The Balaban J connectivity index is 1.55. The molecule has 1 unspecified atom stereocenters. The smallest absolute Gasteiger partial charge is 0.287 e. The molecule has 0 spiro atoms. The van der Waals surface area contributed by atoms with E-state index < -0.39 is 6.10 Å². The molecule has 3 aromatic rings. The number of aliphatic hydroxyl groups excluding tert-OH is 1. The highest BCUT2D eigenvalue weighted by Gasteiger charge is 2.30. The Kier molecular flexibility index (Phi) is 6.48. The molecule has 0 amide bonds. The molecule has 0 saturated heterocycles. The van der Waals surface area contributed by atoms with E-state index in [0.717, 1.165) is 23.5 Å². The maximum atomic E-state index is 13.0. The van der Waals surface area contributed by atoms with E-state index in [-0.39, 0.29) is 12.2 Å². The van der Waals surface area contributed by atoms with Crippen LogP contribution in [0.5, 0.6) is 17.2 Å². The van der Waals surface area contributed by atoms with E-state index in [1.54, 1.807) is 44.8 Å². The van der Waals surface area contributed by atoms with Gasteiger partial charge >= 0.3 is 0 Å². The maximum absolute atomic E-state index is 13.0. The second kappa shape index (κ2) is 9.45. The predicted molar refractivity (Wildman–Crippen MR) is 118 cm³/mol. The molecule has 1 aliphatic rings. The van der Waals surface area contributed by atoms with E-state index in [2.05, 4.69) is 4.98 Å². The number of aliphatic hydroxyl groups is 1. The van der Waals surface area contributed by atoms with E-state index in [1.807, 2.05) is 24.3 Å². The van der Waals surface area contributed by atoms with Crippen LogP contribution in [0.15, 0.2) is 69.6 Å². The molecule has 4 rings (SSSR count). The summed E-state index contributed by atoms with van der Waals surface area (Å²) >= 11 is 1.29. The topological polar surface area (TPSA) is 82.8 Å². The molecule has 1 aliphatic carbocycles. The van der Waals surface area contributed by atoms with Gasteiger partial charge < -0.3 is 19.3 Å². The third-order valence-electron chi connectivity index (χ3n) is 5.08. The largest absolute Gasteiger partial charge is 0.497 e. The Labute approximate surface area is 184 Å². The molecule has 0 aliphatic heterocycles. The predicted octanol–water partition coefficient (Wildman–Crippen LogP) is 3.55. The van der Waals surface area contributed by atoms with Gasteiger partial charge in [0.25, 0.3) is 5.56 Å². The van der Waals surface area contributed by atoms with Gasteiger partial charge in [0, 0.05) is 23.4 Å². The molecule has 0 bridgehead atoms. The zero-order chi connectivity index (χ0) is 21.8. The first kappa shape index (κ1) is 21.3. The Bertz CT molecular complexity index is 1100. The average molecular weight is 441 g/mol. The number of rotatable bonds is 9. The monoisotopic (exact) mass is 440 g/mol. The maximum Gasteiger partial charge on any atom is 0.287 e. The van der Waals surface area contributed by atoms with Crippen LogP contribution in [0.1, 0.15) is 12.8 Å². The minimum absolute atomic E-state index is 0.220. The van der Waals surface area contributed by atoms with E-state index in [1.165, 1.54) is 16.3 Å². The average Bonchev–Trinajstić information content (AvgIpc) is 3.65. The lowest BCUT2D eigenvalue weighted by molar-refractivity contribution is 0.0880. The van der Waals surface area contributed by atoms with Gasteiger partial charge in [-0.1, -0.05) is 11.8 Å². The number of methoxy groups -OCH3 is 2. The first-order valence-electron chi connectivity index (χ1n) is 9.98. The van der Waals surface area contributed by atoms with Crippen molar-refractivity contribution >= 4 is 11.8 Å². The molecule has 1 atom stereocenters. The summed E-state index contributed by atoms with van der Waals surface area (Å²) in [4.78, 5) is 18.2. The molecule has 31 heavy (non-hydrogen) atoms. The van der Waals surface area contributed by atoms with Crippen molar-refractivity contribution in [1.29, 1.82) is 0 Å². The molecular weight excluding hydrogens is 416 g/mol. The Morgan fingerprint density at radius 2 is 1.90 bits per heavy atom. The quantitative estimate of drug-likeness (QED) is 0.545. The highest BCUT2D eigenvalue weighted by atomic mass is 32.2. The SMILES string of the molecule is COc1ccc(Sc2nccn(-c3ccc(OCC(O)C4CC4)c(OC)c3)c2=O)cc1. The summed E-state index contributed by atoms with van der Waals surface area (Å²) < 4.78 is 17.9. The zero-order valence-corrected chi connectivity index (χ0v) is 18.2. The first-order valence-corrected chi connectivity index (χ1v) is 10.8. The van der Waals surface area contributed by atoms with E-state index >= 15 is 0 Å². The van der Waals surface area contributed by atoms with Crippen LogP contribution in [0.4, 0.5) is 0 Å². The summed E-state index contributed by atoms with van der Waals surface area (Å²) in [6.07, 6.45) is 4.83. The fourth-order valence-corrected chi connectivity index (χ4v) is 3.93. The highest BCUT2D eigenvalue weighted by Crippen LogP contribution is 2.34. The Hall–Kier alpha value is -2.97. The lowest BCUT2D eigenvalue weighted by Crippen LogP contribution is -2.21. The van der Waals surface area contributed by atoms with Crippen molar-refractivity contribution in [2.45, 2.75) is 28.9 Å². The van der Waals surface area contributed by atoms with Gasteiger partial charge in [0.2, 0.25) is 0 Å². The van der Waals surface area contributed by atoms with Crippen LogP contribution in [-0.4, -0.2) is 41.6 Å². The molecule has 1 aromatic heterocycles. The van der Waals surface area contributed by atoms with Crippen molar-refractivity contribution in [3.63, 3.8) is 0 Å². The number of benzene rings is 2. The van der Waals surface area contributed by atoms with Crippen LogP contribution in [0.25, 0.3) is 5.69 Å². The van der Waals surface area contributed by atoms with Gasteiger partial charge in [-0.15, -0.1) is 0 Å². The minimum Gasteiger partial charge on any atom is -0.497 e. The van der Waals surface area contributed by atoms with Gasteiger partial charge in [-0.3, -0.25) is 9.36 Å². The summed E-state index contributed by atoms with van der Waals surface area (Å²) in [5.74, 6) is 2.11. The third kappa shape index (κ3) is 5.03. The normalized spacial score (nSPS) is 14.2. The minimum atomic E-state index is -0.468. The van der Waals surface area contributed by atoms with Crippen molar-refractivity contribution in [3.05, 3.63) is 65.2 Å². The summed E-state index contributed by atoms with van der Waals surface area (Å²) in [6.45, 7) is 0.220. The van der Waals surface area contributed by atoms with E-state index in [0.29, 0.717) is 28.1 Å². The van der Waals surface area contributed by atoms with Crippen LogP contribution in [0.2, 0.25) is 0 Å². The molecule has 8 heteroatoms. The van der Waals surface area contributed by atoms with Gasteiger partial charge in [-0.25, -0.2) is 4.98 Å². The second-order valence-electron chi connectivity index (χ2n) is 7.24. The lowest BCUT2D eigenvalue weighted by Gasteiger charge is -2.15. The van der Waals surface area contributed by atoms with Crippen LogP contribution in [0.3, 0.4) is 0 Å². The molecule has 1 N–H and O–H groups in total. The summed E-state index contributed by atoms with van der Waals surface area (Å²) in [7, 11) is 3.16. The fraction of sp³-hybridized carbons (Fsp3) is 0.304. The summed E-state index contributed by atoms with van der Waals surface area (Å²) in [5, 5.41) is 10.4. The standard InChI is InChI=1S/C23H24N2O5S/c1-28-17-6-8-18(9-7-17)31-22-23(27)25(12-11-24-22)16-5-10-20(21(13-16)29-2)30-14-19(26)15-3-4-15/h5-13,15,19,26H,3-4,14H2,1-2H3. The number of aromatic nitrogens is 2. The van der Waals surface area contributed by atoms with E-state index in [4.69, 9.17) is 14.2 Å². The fourth-order valence-electron chi connectivity index (χ4n) is 3.14. The third-order valence-corrected chi connectivity index (χ3v) is 6.07. The van der Waals surface area contributed by atoms with Gasteiger partial charge in [0.1, 0.15) is 12.4 Å². The molecule has 1 fully saturated rings. The summed E-state index contributed by atoms with van der Waals surface area (Å²) in [5.41, 5.74) is 0.402. The van der Waals surface area contributed by atoms with Crippen molar-refractivity contribution in [1.82, 2.24) is 9.55 Å². The van der Waals surface area contributed by atoms with Gasteiger partial charge in [0.15, 0.2) is 16.5 Å². The molecule has 162 valence electrons. The zero-order valence-electron chi connectivity index (χ0n) is 17.4. The molecule has 1 heterocycles. The van der Waals surface area contributed by atoms with Crippen LogP contribution >= 0.6 is 11.8 Å². The van der Waals surface area contributed by atoms with Crippen LogP contribution in [0, 0.1) is 5.92 Å². The number of hydrogen-bond acceptors (Lipinski definition) is 7. The van der Waals surface area contributed by atoms with Crippen molar-refractivity contribution < 1.29 is 19.3 Å². The Morgan fingerprint density at radius 3 is 2.58 bits per heavy atom. The molecule has 0 radical (unpaired) electrons. The first-order chi connectivity index (χ1) is 15.1. The van der Waals surface area contributed by atoms with Crippen LogP contribution in [-0.2, 0) is 0 Å². The number of ether oxygens (including phenoxy) is 3. The Morgan fingerprint density at radius 1 is 1.13 bits per heavy atom. The highest BCUT2D eigenvalue weighted by molar-refractivity contribution is 7.99. The van der Waals surface area contributed by atoms with E-state index in [9.17, 15) is 9.90 Å². The van der Waals surface area contributed by atoms with Crippen molar-refractivity contribution in [3.8, 4) is 22.9 Å². The summed E-state index contributed by atoms with van der Waals surface area (Å²) in [6, 6.07) is 12.7.